The van der Waals surface area contributed by atoms with Gasteiger partial charge in [-0.1, -0.05) is 30.3 Å². The minimum Gasteiger partial charge on any atom is -0.368 e. The van der Waals surface area contributed by atoms with Crippen LogP contribution in [0.4, 0.5) is 5.69 Å². The van der Waals surface area contributed by atoms with Crippen LogP contribution in [0.25, 0.3) is 0 Å². The Bertz CT molecular complexity index is 858. The molecule has 1 aliphatic heterocycles. The number of hydrogen-bond acceptors (Lipinski definition) is 3. The molecule has 4 rings (SSSR count). The van der Waals surface area contributed by atoms with Gasteiger partial charge in [0.25, 0.3) is 11.8 Å². The van der Waals surface area contributed by atoms with Gasteiger partial charge in [-0.2, -0.15) is 0 Å². The highest BCUT2D eigenvalue weighted by molar-refractivity contribution is 5.98. The van der Waals surface area contributed by atoms with Gasteiger partial charge >= 0.3 is 0 Å². The second-order valence-corrected chi connectivity index (χ2v) is 7.24. The molecule has 0 saturated carbocycles. The van der Waals surface area contributed by atoms with E-state index in [-0.39, 0.29) is 24.0 Å². The van der Waals surface area contributed by atoms with E-state index >= 15 is 0 Å². The van der Waals surface area contributed by atoms with Gasteiger partial charge in [0.2, 0.25) is 0 Å². The summed E-state index contributed by atoms with van der Waals surface area (Å²) in [5.41, 5.74) is 3.75. The molecular formula is C22H24N2O3. The first-order valence-electron chi connectivity index (χ1n) is 9.51. The third-order valence-electron chi connectivity index (χ3n) is 5.49. The van der Waals surface area contributed by atoms with Gasteiger partial charge in [-0.25, -0.2) is 0 Å². The molecule has 0 radical (unpaired) electrons. The monoisotopic (exact) mass is 364 g/mol. The summed E-state index contributed by atoms with van der Waals surface area (Å²) in [6, 6.07) is 15.5. The van der Waals surface area contributed by atoms with Crippen LogP contribution < -0.4 is 5.32 Å². The van der Waals surface area contributed by atoms with Crippen LogP contribution in [-0.2, 0) is 16.0 Å². The van der Waals surface area contributed by atoms with Crippen molar-refractivity contribution in [3.63, 3.8) is 0 Å². The molecule has 0 spiro atoms. The minimum absolute atomic E-state index is 0.0371. The third-order valence-corrected chi connectivity index (χ3v) is 5.49. The second-order valence-electron chi connectivity index (χ2n) is 7.24. The van der Waals surface area contributed by atoms with E-state index in [2.05, 4.69) is 17.4 Å². The molecule has 0 unspecified atom stereocenters. The van der Waals surface area contributed by atoms with Gasteiger partial charge in [-0.15, -0.1) is 0 Å². The molecule has 2 aromatic rings. The van der Waals surface area contributed by atoms with Gasteiger partial charge in [0.1, 0.15) is 6.10 Å². The predicted molar refractivity (Wildman–Crippen MR) is 104 cm³/mol. The fourth-order valence-corrected chi connectivity index (χ4v) is 4.02. The number of hydrogen-bond donors (Lipinski definition) is 1. The van der Waals surface area contributed by atoms with Crippen molar-refractivity contribution in [2.45, 2.75) is 37.8 Å². The summed E-state index contributed by atoms with van der Waals surface area (Å²) in [6.45, 7) is 0.629. The average Bonchev–Trinajstić information content (AvgIpc) is 3.37. The van der Waals surface area contributed by atoms with Gasteiger partial charge in [-0.3, -0.25) is 9.59 Å². The molecule has 0 bridgehead atoms. The maximum Gasteiger partial charge on any atom is 0.254 e. The molecular weight excluding hydrogens is 340 g/mol. The Kier molecular flexibility index (Phi) is 4.94. The van der Waals surface area contributed by atoms with Gasteiger partial charge in [0, 0.05) is 24.9 Å². The average molecular weight is 364 g/mol. The lowest BCUT2D eigenvalue weighted by atomic mass is 10.1. The number of amides is 2. The number of nitrogens with zero attached hydrogens (tertiary/aromatic N) is 1. The van der Waals surface area contributed by atoms with Crippen molar-refractivity contribution in [2.24, 2.45) is 0 Å². The Hall–Kier alpha value is -2.66. The van der Waals surface area contributed by atoms with E-state index in [9.17, 15) is 9.59 Å². The van der Waals surface area contributed by atoms with E-state index in [0.717, 1.165) is 25.7 Å². The van der Waals surface area contributed by atoms with E-state index in [0.29, 0.717) is 17.9 Å². The minimum atomic E-state index is -0.387. The number of rotatable bonds is 4. The maximum absolute atomic E-state index is 13.0. The molecule has 2 aliphatic rings. The predicted octanol–water partition coefficient (Wildman–Crippen LogP) is 3.56. The van der Waals surface area contributed by atoms with Crippen LogP contribution in [0.5, 0.6) is 0 Å². The number of ether oxygens (including phenoxy) is 1. The number of nitrogens with one attached hydrogen (secondary N) is 1. The van der Waals surface area contributed by atoms with E-state index in [4.69, 9.17) is 4.74 Å². The van der Waals surface area contributed by atoms with Crippen LogP contribution in [0, 0.1) is 0 Å². The van der Waals surface area contributed by atoms with Gasteiger partial charge < -0.3 is 15.0 Å². The first kappa shape index (κ1) is 17.7. The van der Waals surface area contributed by atoms with Crippen LogP contribution in [0.1, 0.15) is 46.8 Å². The Morgan fingerprint density at radius 2 is 1.96 bits per heavy atom. The molecule has 2 atom stereocenters. The lowest BCUT2D eigenvalue weighted by molar-refractivity contribution is -0.124. The van der Waals surface area contributed by atoms with Crippen molar-refractivity contribution in [2.75, 3.05) is 19.0 Å². The van der Waals surface area contributed by atoms with E-state index in [1.54, 1.807) is 24.3 Å². The Balaban J connectivity index is 1.48. The first-order chi connectivity index (χ1) is 13.1. The highest BCUT2D eigenvalue weighted by Crippen LogP contribution is 2.35. The molecule has 2 amide bonds. The zero-order valence-electron chi connectivity index (χ0n) is 15.5. The Labute approximate surface area is 159 Å². The summed E-state index contributed by atoms with van der Waals surface area (Å²) in [6.07, 6.45) is 3.20. The second kappa shape index (κ2) is 7.53. The van der Waals surface area contributed by atoms with Crippen LogP contribution in [0.2, 0.25) is 0 Å². The third kappa shape index (κ3) is 3.60. The molecule has 140 valence electrons. The quantitative estimate of drug-likeness (QED) is 0.902. The molecule has 1 N–H and O–H groups in total. The fourth-order valence-electron chi connectivity index (χ4n) is 4.02. The van der Waals surface area contributed by atoms with E-state index in [1.165, 1.54) is 11.1 Å². The number of aryl methyl sites for hydroxylation is 1. The summed E-state index contributed by atoms with van der Waals surface area (Å²) >= 11 is 0. The van der Waals surface area contributed by atoms with Crippen molar-refractivity contribution in [1.29, 1.82) is 0 Å². The number of carbonyl (C=O) groups excluding carboxylic acids is 2. The van der Waals surface area contributed by atoms with Crippen molar-refractivity contribution < 1.29 is 14.3 Å². The molecule has 2 aromatic carbocycles. The first-order valence-corrected chi connectivity index (χ1v) is 9.51. The molecule has 0 aromatic heterocycles. The van der Waals surface area contributed by atoms with Crippen LogP contribution in [0.15, 0.2) is 48.5 Å². The van der Waals surface area contributed by atoms with Crippen molar-refractivity contribution >= 4 is 17.5 Å². The lowest BCUT2D eigenvalue weighted by Gasteiger charge is -2.26. The van der Waals surface area contributed by atoms with Crippen molar-refractivity contribution in [3.05, 3.63) is 65.2 Å². The molecule has 1 aliphatic carbocycles. The summed E-state index contributed by atoms with van der Waals surface area (Å²) < 4.78 is 5.42. The zero-order valence-corrected chi connectivity index (χ0v) is 15.5. The molecule has 1 saturated heterocycles. The van der Waals surface area contributed by atoms with E-state index in [1.807, 2.05) is 24.1 Å². The van der Waals surface area contributed by atoms with Gasteiger partial charge in [0.15, 0.2) is 0 Å². The smallest absolute Gasteiger partial charge is 0.254 e. The summed E-state index contributed by atoms with van der Waals surface area (Å²) in [7, 11) is 1.85. The largest absolute Gasteiger partial charge is 0.368 e. The van der Waals surface area contributed by atoms with Crippen LogP contribution >= 0.6 is 0 Å². The molecule has 1 fully saturated rings. The number of fused-ring (bicyclic) bond motifs is 1. The standard InChI is InChI=1S/C22H24N2O3/c1-24(19-12-11-15-6-2-3-9-18(15)19)22(26)16-7-4-8-17(14-16)23-21(25)20-10-5-13-27-20/h2-4,6-9,14,19-20H,5,10-13H2,1H3,(H,23,25)/t19-,20+/m0/s1. The normalized spacial score (nSPS) is 20.9. The number of benzene rings is 2. The Morgan fingerprint density at radius 3 is 2.78 bits per heavy atom. The summed E-state index contributed by atoms with van der Waals surface area (Å²) in [5, 5.41) is 2.87. The molecule has 5 heteroatoms. The van der Waals surface area contributed by atoms with Crippen molar-refractivity contribution in [3.8, 4) is 0 Å². The number of anilines is 1. The maximum atomic E-state index is 13.0. The van der Waals surface area contributed by atoms with Crippen LogP contribution in [-0.4, -0.2) is 36.5 Å². The highest BCUT2D eigenvalue weighted by atomic mass is 16.5. The van der Waals surface area contributed by atoms with E-state index < -0.39 is 0 Å². The molecule has 27 heavy (non-hydrogen) atoms. The fraction of sp³-hybridized carbons (Fsp3) is 0.364. The van der Waals surface area contributed by atoms with Gasteiger partial charge in [0.05, 0.1) is 6.04 Å². The van der Waals surface area contributed by atoms with Gasteiger partial charge in [-0.05, 0) is 55.0 Å². The summed E-state index contributed by atoms with van der Waals surface area (Å²) in [5.74, 6) is -0.180. The zero-order chi connectivity index (χ0) is 18.8. The molecule has 1 heterocycles. The Morgan fingerprint density at radius 1 is 1.11 bits per heavy atom. The summed E-state index contributed by atoms with van der Waals surface area (Å²) in [4.78, 5) is 27.1. The topological polar surface area (TPSA) is 58.6 Å². The highest BCUT2D eigenvalue weighted by Gasteiger charge is 2.29. The lowest BCUT2D eigenvalue weighted by Crippen LogP contribution is -2.30. The number of carbonyl (C=O) groups is 2. The SMILES string of the molecule is CN(C(=O)c1cccc(NC(=O)[C@H]2CCCO2)c1)[C@H]1CCc2ccccc21. The van der Waals surface area contributed by atoms with Crippen molar-refractivity contribution in [1.82, 2.24) is 4.90 Å². The van der Waals surface area contributed by atoms with Crippen LogP contribution in [0.3, 0.4) is 0 Å². The molecule has 5 nitrogen and oxygen atoms in total.